The normalized spacial score (nSPS) is 16.9. The molecule has 100 valence electrons. The van der Waals surface area contributed by atoms with Gasteiger partial charge in [0.2, 0.25) is 5.88 Å². The number of hydrogen-bond acceptors (Lipinski definition) is 5. The highest BCUT2D eigenvalue weighted by Crippen LogP contribution is 2.17. The molecule has 0 amide bonds. The molecule has 0 atom stereocenters. The average molecular weight is 271 g/mol. The van der Waals surface area contributed by atoms with E-state index in [0.29, 0.717) is 18.4 Å². The van der Waals surface area contributed by atoms with Crippen molar-refractivity contribution < 1.29 is 4.74 Å². The third kappa shape index (κ3) is 3.46. The summed E-state index contributed by atoms with van der Waals surface area (Å²) in [6, 6.07) is 1.90. The summed E-state index contributed by atoms with van der Waals surface area (Å²) in [5, 5.41) is 0. The molecule has 0 N–H and O–H groups in total. The van der Waals surface area contributed by atoms with Gasteiger partial charge in [-0.1, -0.05) is 0 Å². The van der Waals surface area contributed by atoms with Gasteiger partial charge in [-0.2, -0.15) is 0 Å². The SMILES string of the molecule is CCOc1cc(N2CCN(CCCl)CC2)ncn1. The number of aromatic nitrogens is 2. The Bertz CT molecular complexity index is 369. The molecule has 0 bridgehead atoms. The molecule has 2 heterocycles. The quantitative estimate of drug-likeness (QED) is 0.753. The van der Waals surface area contributed by atoms with Crippen molar-refractivity contribution in [2.24, 2.45) is 0 Å². The van der Waals surface area contributed by atoms with Crippen LogP contribution in [0, 0.1) is 0 Å². The van der Waals surface area contributed by atoms with Crippen molar-refractivity contribution in [2.75, 3.05) is 50.1 Å². The lowest BCUT2D eigenvalue weighted by Crippen LogP contribution is -2.47. The largest absolute Gasteiger partial charge is 0.478 e. The Morgan fingerprint density at radius 3 is 2.72 bits per heavy atom. The smallest absolute Gasteiger partial charge is 0.218 e. The van der Waals surface area contributed by atoms with Crippen LogP contribution in [0.3, 0.4) is 0 Å². The van der Waals surface area contributed by atoms with E-state index in [1.807, 2.05) is 13.0 Å². The van der Waals surface area contributed by atoms with E-state index in [0.717, 1.165) is 38.5 Å². The van der Waals surface area contributed by atoms with Crippen LogP contribution in [0.1, 0.15) is 6.92 Å². The molecule has 0 saturated carbocycles. The van der Waals surface area contributed by atoms with E-state index in [-0.39, 0.29) is 0 Å². The van der Waals surface area contributed by atoms with Crippen molar-refractivity contribution in [2.45, 2.75) is 6.92 Å². The first kappa shape index (κ1) is 13.4. The van der Waals surface area contributed by atoms with Gasteiger partial charge in [0.15, 0.2) is 0 Å². The molecule has 1 saturated heterocycles. The predicted octanol–water partition coefficient (Wildman–Crippen LogP) is 1.24. The van der Waals surface area contributed by atoms with E-state index in [1.165, 1.54) is 0 Å². The number of halogens is 1. The average Bonchev–Trinajstić information content (AvgIpc) is 2.41. The van der Waals surface area contributed by atoms with Crippen LogP contribution >= 0.6 is 11.6 Å². The van der Waals surface area contributed by atoms with Crippen molar-refractivity contribution in [3.8, 4) is 5.88 Å². The highest BCUT2D eigenvalue weighted by Gasteiger charge is 2.17. The molecular weight excluding hydrogens is 252 g/mol. The fourth-order valence-corrected chi connectivity index (χ4v) is 2.29. The van der Waals surface area contributed by atoms with Crippen LogP contribution in [0.5, 0.6) is 5.88 Å². The maximum Gasteiger partial charge on any atom is 0.218 e. The Morgan fingerprint density at radius 2 is 2.06 bits per heavy atom. The Labute approximate surface area is 113 Å². The van der Waals surface area contributed by atoms with Gasteiger partial charge in [-0.25, -0.2) is 9.97 Å². The molecule has 2 rings (SSSR count). The van der Waals surface area contributed by atoms with E-state index in [1.54, 1.807) is 6.33 Å². The molecule has 1 aliphatic heterocycles. The molecule has 5 nitrogen and oxygen atoms in total. The lowest BCUT2D eigenvalue weighted by molar-refractivity contribution is 0.271. The molecule has 6 heteroatoms. The van der Waals surface area contributed by atoms with Gasteiger partial charge < -0.3 is 9.64 Å². The molecule has 0 spiro atoms. The second kappa shape index (κ2) is 6.75. The monoisotopic (exact) mass is 270 g/mol. The molecular formula is C12H19ClN4O. The summed E-state index contributed by atoms with van der Waals surface area (Å²) in [7, 11) is 0. The van der Waals surface area contributed by atoms with Crippen LogP contribution in [0.25, 0.3) is 0 Å². The first-order valence-electron chi connectivity index (χ1n) is 6.31. The third-order valence-corrected chi connectivity index (χ3v) is 3.19. The summed E-state index contributed by atoms with van der Waals surface area (Å²) in [5.41, 5.74) is 0. The molecule has 0 unspecified atom stereocenters. The van der Waals surface area contributed by atoms with E-state index in [2.05, 4.69) is 19.8 Å². The van der Waals surface area contributed by atoms with Crippen LogP contribution < -0.4 is 9.64 Å². The fraction of sp³-hybridized carbons (Fsp3) is 0.667. The Morgan fingerprint density at radius 1 is 1.28 bits per heavy atom. The highest BCUT2D eigenvalue weighted by molar-refractivity contribution is 6.18. The second-order valence-corrected chi connectivity index (χ2v) is 4.54. The van der Waals surface area contributed by atoms with Gasteiger partial charge in [0.25, 0.3) is 0 Å². The predicted molar refractivity (Wildman–Crippen MR) is 72.6 cm³/mol. The Kier molecular flexibility index (Phi) is 5.01. The lowest BCUT2D eigenvalue weighted by atomic mass is 10.3. The first-order chi connectivity index (χ1) is 8.83. The number of rotatable bonds is 5. The Hall–Kier alpha value is -1.07. The zero-order valence-corrected chi connectivity index (χ0v) is 11.4. The van der Waals surface area contributed by atoms with Gasteiger partial charge in [0, 0.05) is 44.7 Å². The first-order valence-corrected chi connectivity index (χ1v) is 6.85. The molecule has 1 aromatic heterocycles. The van der Waals surface area contributed by atoms with Gasteiger partial charge in [-0.05, 0) is 6.92 Å². The van der Waals surface area contributed by atoms with Gasteiger partial charge >= 0.3 is 0 Å². The van der Waals surface area contributed by atoms with Crippen molar-refractivity contribution in [1.29, 1.82) is 0 Å². The number of anilines is 1. The van der Waals surface area contributed by atoms with Crippen LogP contribution in [0.2, 0.25) is 0 Å². The molecule has 0 aromatic carbocycles. The van der Waals surface area contributed by atoms with Gasteiger partial charge in [0.1, 0.15) is 12.1 Å². The van der Waals surface area contributed by atoms with E-state index >= 15 is 0 Å². The standard InChI is InChI=1S/C12H19ClN4O/c1-2-18-12-9-11(14-10-15-12)17-7-5-16(4-3-13)6-8-17/h9-10H,2-8H2,1H3. The van der Waals surface area contributed by atoms with Crippen LogP contribution in [-0.2, 0) is 0 Å². The van der Waals surface area contributed by atoms with E-state index < -0.39 is 0 Å². The van der Waals surface area contributed by atoms with Crippen LogP contribution in [0.4, 0.5) is 5.82 Å². The lowest BCUT2D eigenvalue weighted by Gasteiger charge is -2.34. The zero-order valence-electron chi connectivity index (χ0n) is 10.7. The van der Waals surface area contributed by atoms with Gasteiger partial charge in [-0.15, -0.1) is 11.6 Å². The molecule has 1 aliphatic rings. The number of nitrogens with zero attached hydrogens (tertiary/aromatic N) is 4. The highest BCUT2D eigenvalue weighted by atomic mass is 35.5. The third-order valence-electron chi connectivity index (χ3n) is 3.02. The van der Waals surface area contributed by atoms with Crippen LogP contribution in [-0.4, -0.2) is 60.1 Å². The number of alkyl halides is 1. The summed E-state index contributed by atoms with van der Waals surface area (Å²) in [5.74, 6) is 2.28. The molecule has 1 aromatic rings. The van der Waals surface area contributed by atoms with E-state index in [4.69, 9.17) is 16.3 Å². The minimum absolute atomic E-state index is 0.625. The minimum atomic E-state index is 0.625. The molecule has 18 heavy (non-hydrogen) atoms. The summed E-state index contributed by atoms with van der Waals surface area (Å²) < 4.78 is 5.39. The zero-order chi connectivity index (χ0) is 12.8. The number of piperazine rings is 1. The van der Waals surface area contributed by atoms with Gasteiger partial charge in [-0.3, -0.25) is 4.90 Å². The molecule has 0 aliphatic carbocycles. The van der Waals surface area contributed by atoms with Crippen LogP contribution in [0.15, 0.2) is 12.4 Å². The number of ether oxygens (including phenoxy) is 1. The summed E-state index contributed by atoms with van der Waals surface area (Å²) >= 11 is 5.75. The van der Waals surface area contributed by atoms with Crippen molar-refractivity contribution in [3.63, 3.8) is 0 Å². The molecule has 0 radical (unpaired) electrons. The number of hydrogen-bond donors (Lipinski definition) is 0. The van der Waals surface area contributed by atoms with Crippen molar-refractivity contribution in [3.05, 3.63) is 12.4 Å². The Balaban J connectivity index is 1.94. The van der Waals surface area contributed by atoms with Gasteiger partial charge in [0.05, 0.1) is 6.61 Å². The topological polar surface area (TPSA) is 41.5 Å². The summed E-state index contributed by atoms with van der Waals surface area (Å²) in [6.45, 7) is 7.54. The fourth-order valence-electron chi connectivity index (χ4n) is 2.05. The van der Waals surface area contributed by atoms with Crippen molar-refractivity contribution in [1.82, 2.24) is 14.9 Å². The maximum atomic E-state index is 5.75. The van der Waals surface area contributed by atoms with E-state index in [9.17, 15) is 0 Å². The minimum Gasteiger partial charge on any atom is -0.478 e. The summed E-state index contributed by atoms with van der Waals surface area (Å²) in [4.78, 5) is 13.0. The molecule has 1 fully saturated rings. The maximum absolute atomic E-state index is 5.75. The summed E-state index contributed by atoms with van der Waals surface area (Å²) in [6.07, 6.45) is 1.56. The second-order valence-electron chi connectivity index (χ2n) is 4.17. The van der Waals surface area contributed by atoms with Crippen molar-refractivity contribution >= 4 is 17.4 Å².